The van der Waals surface area contributed by atoms with Gasteiger partial charge in [-0.3, -0.25) is 13.9 Å². The zero-order chi connectivity index (χ0) is 23.8. The second-order valence-corrected chi connectivity index (χ2v) is 9.32. The molecule has 4 rings (SSSR count). The molecule has 33 heavy (non-hydrogen) atoms. The zero-order valence-corrected chi connectivity index (χ0v) is 20.1. The second kappa shape index (κ2) is 9.09. The van der Waals surface area contributed by atoms with Crippen molar-refractivity contribution in [3.8, 4) is 0 Å². The summed E-state index contributed by atoms with van der Waals surface area (Å²) < 4.78 is 9.86. The van der Waals surface area contributed by atoms with Gasteiger partial charge in [0.05, 0.1) is 36.8 Å². The summed E-state index contributed by atoms with van der Waals surface area (Å²) in [5.74, 6) is 0. The van der Waals surface area contributed by atoms with Gasteiger partial charge in [0.2, 0.25) is 0 Å². The number of aryl methyl sites for hydroxylation is 3. The summed E-state index contributed by atoms with van der Waals surface area (Å²) in [5, 5.41) is 11.9. The molecule has 0 fully saturated rings. The monoisotopic (exact) mass is 468 g/mol. The molecule has 174 valence electrons. The summed E-state index contributed by atoms with van der Waals surface area (Å²) in [7, 11) is 3.39. The van der Waals surface area contributed by atoms with Crippen molar-refractivity contribution in [2.45, 2.75) is 39.0 Å². The molecular formula is C24H28N4O4S. The number of hydrogen-bond donors (Lipinski definition) is 1. The van der Waals surface area contributed by atoms with Crippen molar-refractivity contribution in [3.63, 3.8) is 0 Å². The van der Waals surface area contributed by atoms with Crippen molar-refractivity contribution < 1.29 is 9.84 Å². The molecule has 0 aliphatic heterocycles. The first-order valence-electron chi connectivity index (χ1n) is 10.8. The Labute approximate surface area is 195 Å². The van der Waals surface area contributed by atoms with Gasteiger partial charge >= 0.3 is 5.69 Å². The van der Waals surface area contributed by atoms with E-state index < -0.39 is 5.60 Å². The highest BCUT2D eigenvalue weighted by atomic mass is 32.1. The number of fused-ring (bicyclic) bond motifs is 1. The molecule has 4 aromatic rings. The van der Waals surface area contributed by atoms with Crippen molar-refractivity contribution in [1.29, 1.82) is 0 Å². The maximum absolute atomic E-state index is 13.5. The summed E-state index contributed by atoms with van der Waals surface area (Å²) >= 11 is 1.27. The molecule has 0 spiro atoms. The number of aliphatic hydroxyl groups is 1. The Morgan fingerprint density at radius 2 is 1.88 bits per heavy atom. The molecule has 9 heteroatoms. The minimum absolute atomic E-state index is 0.271. The van der Waals surface area contributed by atoms with E-state index in [0.717, 1.165) is 5.56 Å². The summed E-state index contributed by atoms with van der Waals surface area (Å²) in [6, 6.07) is 9.77. The van der Waals surface area contributed by atoms with Crippen LogP contribution in [0.1, 0.15) is 28.6 Å². The number of rotatable bonds is 8. The molecule has 0 radical (unpaired) electrons. The van der Waals surface area contributed by atoms with E-state index in [4.69, 9.17) is 4.74 Å². The van der Waals surface area contributed by atoms with E-state index in [1.165, 1.54) is 15.9 Å². The first-order chi connectivity index (χ1) is 15.8. The van der Waals surface area contributed by atoms with Gasteiger partial charge in [-0.25, -0.2) is 9.78 Å². The number of hydrogen-bond acceptors (Lipinski definition) is 6. The maximum Gasteiger partial charge on any atom is 0.332 e. The highest BCUT2D eigenvalue weighted by Crippen LogP contribution is 2.39. The number of nitrogens with zero attached hydrogens (tertiary/aromatic N) is 4. The number of benzene rings is 1. The Morgan fingerprint density at radius 1 is 1.15 bits per heavy atom. The molecule has 1 aromatic carbocycles. The fraction of sp³-hybridized carbons (Fsp3) is 0.375. The Balaban J connectivity index is 1.91. The van der Waals surface area contributed by atoms with Crippen molar-refractivity contribution >= 4 is 21.6 Å². The lowest BCUT2D eigenvalue weighted by molar-refractivity contribution is 0.0975. The van der Waals surface area contributed by atoms with Crippen LogP contribution in [0.4, 0.5) is 0 Å². The lowest BCUT2D eigenvalue weighted by atomic mass is 9.97. The third-order valence-electron chi connectivity index (χ3n) is 6.04. The Hall–Kier alpha value is -3.01. The molecule has 3 aromatic heterocycles. The third kappa shape index (κ3) is 4.07. The van der Waals surface area contributed by atoms with Gasteiger partial charge in [0.1, 0.15) is 10.4 Å². The smallest absolute Gasteiger partial charge is 0.332 e. The van der Waals surface area contributed by atoms with Gasteiger partial charge in [-0.2, -0.15) is 0 Å². The maximum atomic E-state index is 13.5. The fourth-order valence-corrected chi connectivity index (χ4v) is 5.64. The van der Waals surface area contributed by atoms with E-state index in [2.05, 4.69) is 4.98 Å². The number of methoxy groups -OCH3 is 1. The molecule has 1 atom stereocenters. The molecule has 0 bridgehead atoms. The molecule has 3 heterocycles. The average Bonchev–Trinajstić information content (AvgIpc) is 3.38. The van der Waals surface area contributed by atoms with E-state index in [-0.39, 0.29) is 17.8 Å². The molecule has 0 aliphatic carbocycles. The Bertz CT molecular complexity index is 1400. The van der Waals surface area contributed by atoms with E-state index in [0.29, 0.717) is 45.9 Å². The molecular weight excluding hydrogens is 440 g/mol. The highest BCUT2D eigenvalue weighted by Gasteiger charge is 2.34. The van der Waals surface area contributed by atoms with Crippen LogP contribution in [-0.4, -0.2) is 37.5 Å². The molecule has 0 amide bonds. The summed E-state index contributed by atoms with van der Waals surface area (Å²) in [6.45, 7) is 4.43. The summed E-state index contributed by atoms with van der Waals surface area (Å²) in [5.41, 5.74) is 0.254. The summed E-state index contributed by atoms with van der Waals surface area (Å²) in [6.07, 6.45) is 3.80. The third-order valence-corrected chi connectivity index (χ3v) is 7.56. The van der Waals surface area contributed by atoms with Gasteiger partial charge < -0.3 is 14.4 Å². The van der Waals surface area contributed by atoms with Crippen LogP contribution in [-0.2, 0) is 36.9 Å². The van der Waals surface area contributed by atoms with Gasteiger partial charge in [0, 0.05) is 25.6 Å². The van der Waals surface area contributed by atoms with Crippen molar-refractivity contribution in [3.05, 3.63) is 85.4 Å². The molecule has 0 saturated heterocycles. The van der Waals surface area contributed by atoms with Crippen molar-refractivity contribution in [2.24, 2.45) is 7.05 Å². The quantitative estimate of drug-likeness (QED) is 0.429. The molecule has 1 unspecified atom stereocenters. The number of thiophene rings is 1. The lowest BCUT2D eigenvalue weighted by Crippen LogP contribution is -2.40. The number of ether oxygens (including phenoxy) is 1. The molecule has 0 saturated carbocycles. The van der Waals surface area contributed by atoms with E-state index in [1.54, 1.807) is 35.7 Å². The first kappa shape index (κ1) is 23.2. The van der Waals surface area contributed by atoms with Gasteiger partial charge in [0.25, 0.3) is 5.56 Å². The Kier molecular flexibility index (Phi) is 6.38. The van der Waals surface area contributed by atoms with Crippen LogP contribution in [0.25, 0.3) is 10.2 Å². The van der Waals surface area contributed by atoms with Gasteiger partial charge in [-0.05, 0) is 31.4 Å². The van der Waals surface area contributed by atoms with Gasteiger partial charge in [-0.15, -0.1) is 11.3 Å². The van der Waals surface area contributed by atoms with Gasteiger partial charge in [0.15, 0.2) is 0 Å². The fourth-order valence-electron chi connectivity index (χ4n) is 4.26. The van der Waals surface area contributed by atoms with Gasteiger partial charge in [-0.1, -0.05) is 30.3 Å². The van der Waals surface area contributed by atoms with Crippen molar-refractivity contribution in [2.75, 3.05) is 13.7 Å². The highest BCUT2D eigenvalue weighted by molar-refractivity contribution is 7.19. The van der Waals surface area contributed by atoms with E-state index in [9.17, 15) is 14.7 Å². The standard InChI is InChI=1S/C24H28N4O4S/c1-16-19-21(29)27(11-10-17-8-6-5-7-9-17)23(30)28(12-13-32-4)22(19)33-20(16)24(2,31)18-14-25-15-26(18)3/h5-9,14-15,31H,10-13H2,1-4H3. The van der Waals surface area contributed by atoms with Crippen LogP contribution in [0, 0.1) is 6.92 Å². The topological polar surface area (TPSA) is 91.3 Å². The number of aromatic nitrogens is 4. The van der Waals surface area contributed by atoms with Crippen LogP contribution in [0.3, 0.4) is 0 Å². The zero-order valence-electron chi connectivity index (χ0n) is 19.2. The summed E-state index contributed by atoms with van der Waals surface area (Å²) in [4.78, 5) is 32.2. The normalized spacial score (nSPS) is 13.5. The molecule has 8 nitrogen and oxygen atoms in total. The lowest BCUT2D eigenvalue weighted by Gasteiger charge is -2.23. The van der Waals surface area contributed by atoms with Crippen LogP contribution >= 0.6 is 11.3 Å². The average molecular weight is 469 g/mol. The first-order valence-corrected chi connectivity index (χ1v) is 11.6. The molecule has 1 N–H and O–H groups in total. The van der Waals surface area contributed by atoms with Crippen LogP contribution in [0.15, 0.2) is 52.4 Å². The minimum Gasteiger partial charge on any atom is -0.383 e. The van der Waals surface area contributed by atoms with Crippen molar-refractivity contribution in [1.82, 2.24) is 18.7 Å². The van der Waals surface area contributed by atoms with Crippen LogP contribution < -0.4 is 11.2 Å². The SMILES string of the molecule is COCCn1c(=O)n(CCc2ccccc2)c(=O)c2c(C)c(C(C)(O)c3cncn3C)sc21. The number of imidazole rings is 1. The van der Waals surface area contributed by atoms with E-state index >= 15 is 0 Å². The second-order valence-electron chi connectivity index (χ2n) is 8.32. The predicted octanol–water partition coefficient (Wildman–Crippen LogP) is 2.41. The van der Waals surface area contributed by atoms with E-state index in [1.807, 2.05) is 44.3 Å². The predicted molar refractivity (Wildman–Crippen MR) is 129 cm³/mol. The minimum atomic E-state index is -1.37. The molecule has 0 aliphatic rings. The van der Waals surface area contributed by atoms with Crippen LogP contribution in [0.2, 0.25) is 0 Å². The largest absolute Gasteiger partial charge is 0.383 e. The Morgan fingerprint density at radius 3 is 2.52 bits per heavy atom. The van der Waals surface area contributed by atoms with Crippen LogP contribution in [0.5, 0.6) is 0 Å².